The third-order valence-corrected chi connectivity index (χ3v) is 4.57. The minimum atomic E-state index is -0.525. The van der Waals surface area contributed by atoms with Crippen LogP contribution in [0.2, 0.25) is 0 Å². The van der Waals surface area contributed by atoms with Crippen LogP contribution in [0.4, 0.5) is 10.3 Å². The van der Waals surface area contributed by atoms with Gasteiger partial charge in [-0.25, -0.2) is 14.1 Å². The van der Waals surface area contributed by atoms with Crippen LogP contribution in [0, 0.1) is 19.7 Å². The molecule has 0 spiro atoms. The number of aromatic nitrogens is 4. The molecule has 1 N–H and O–H groups in total. The largest absolute Gasteiger partial charge is 0.489 e. The first-order chi connectivity index (χ1) is 15.0. The molecule has 0 atom stereocenters. The van der Waals surface area contributed by atoms with E-state index in [1.165, 1.54) is 18.2 Å². The quantitative estimate of drug-likeness (QED) is 0.486. The van der Waals surface area contributed by atoms with Gasteiger partial charge in [-0.05, 0) is 31.5 Å². The van der Waals surface area contributed by atoms with E-state index >= 15 is 0 Å². The molecule has 0 saturated heterocycles. The molecule has 0 aliphatic heterocycles. The Hall–Kier alpha value is -4.01. The number of amides is 1. The topological polar surface area (TPSA) is 95.1 Å². The van der Waals surface area contributed by atoms with Crippen LogP contribution in [0.25, 0.3) is 0 Å². The number of hydrogen-bond acceptors (Lipinski definition) is 6. The third kappa shape index (κ3) is 4.95. The van der Waals surface area contributed by atoms with Crippen LogP contribution in [0.5, 0.6) is 5.75 Å². The molecule has 0 saturated carbocycles. The van der Waals surface area contributed by atoms with Crippen molar-refractivity contribution in [3.63, 3.8) is 0 Å². The molecule has 4 aromatic rings. The minimum absolute atomic E-state index is 0.00321. The summed E-state index contributed by atoms with van der Waals surface area (Å²) in [6.07, 6.45) is 1.54. The summed E-state index contributed by atoms with van der Waals surface area (Å²) in [6, 6.07) is 13.8. The first-order valence-corrected chi connectivity index (χ1v) is 9.58. The van der Waals surface area contributed by atoms with Crippen molar-refractivity contribution in [2.24, 2.45) is 0 Å². The zero-order valence-corrected chi connectivity index (χ0v) is 17.0. The lowest BCUT2D eigenvalue weighted by Gasteiger charge is -2.06. The number of benzene rings is 2. The molecule has 0 radical (unpaired) electrons. The molecular formula is C22H20FN5O3. The standard InChI is InChI=1S/C22H20FN5O3/c1-14-5-3-6-16(9-14)11-28-13-24-22(26-28)25-21(29)20-19(15(2)31-27-20)12-30-18-8-4-7-17(23)10-18/h3-10,13H,11-12H2,1-2H3,(H,25,26,29). The Kier molecular flexibility index (Phi) is 5.74. The van der Waals surface area contributed by atoms with E-state index in [-0.39, 0.29) is 18.2 Å². The van der Waals surface area contributed by atoms with Crippen molar-refractivity contribution in [1.82, 2.24) is 19.9 Å². The Morgan fingerprint density at radius 2 is 2.03 bits per heavy atom. The molecule has 1 amide bonds. The second kappa shape index (κ2) is 8.78. The van der Waals surface area contributed by atoms with E-state index < -0.39 is 11.7 Å². The molecule has 0 aliphatic carbocycles. The molecule has 8 nitrogen and oxygen atoms in total. The summed E-state index contributed by atoms with van der Waals surface area (Å²) in [5, 5.41) is 10.7. The van der Waals surface area contributed by atoms with Crippen molar-refractivity contribution in [1.29, 1.82) is 0 Å². The fourth-order valence-electron chi connectivity index (χ4n) is 3.04. The molecular weight excluding hydrogens is 401 g/mol. The van der Waals surface area contributed by atoms with Crippen molar-refractivity contribution in [2.75, 3.05) is 5.32 Å². The Labute approximate surface area is 177 Å². The molecule has 0 bridgehead atoms. The molecule has 2 aromatic carbocycles. The van der Waals surface area contributed by atoms with Crippen LogP contribution in [0.1, 0.15) is 32.9 Å². The van der Waals surface area contributed by atoms with Crippen LogP contribution < -0.4 is 10.1 Å². The highest BCUT2D eigenvalue weighted by Gasteiger charge is 2.21. The monoisotopic (exact) mass is 421 g/mol. The van der Waals surface area contributed by atoms with Crippen molar-refractivity contribution < 1.29 is 18.4 Å². The normalized spacial score (nSPS) is 10.8. The summed E-state index contributed by atoms with van der Waals surface area (Å²) < 4.78 is 25.7. The molecule has 158 valence electrons. The highest BCUT2D eigenvalue weighted by atomic mass is 19.1. The van der Waals surface area contributed by atoms with Crippen molar-refractivity contribution in [3.05, 3.63) is 88.8 Å². The summed E-state index contributed by atoms with van der Waals surface area (Å²) in [6.45, 7) is 4.21. The van der Waals surface area contributed by atoms with Crippen molar-refractivity contribution in [3.8, 4) is 5.75 Å². The maximum atomic E-state index is 13.3. The highest BCUT2D eigenvalue weighted by Crippen LogP contribution is 2.19. The third-order valence-electron chi connectivity index (χ3n) is 4.57. The van der Waals surface area contributed by atoms with Gasteiger partial charge in [0.2, 0.25) is 5.95 Å². The van der Waals surface area contributed by atoms with E-state index in [0.29, 0.717) is 23.6 Å². The Morgan fingerprint density at radius 3 is 2.84 bits per heavy atom. The molecule has 0 aliphatic rings. The van der Waals surface area contributed by atoms with E-state index in [2.05, 4.69) is 26.6 Å². The van der Waals surface area contributed by atoms with Gasteiger partial charge < -0.3 is 9.26 Å². The number of carbonyl (C=O) groups is 1. The van der Waals surface area contributed by atoms with Gasteiger partial charge in [0.25, 0.3) is 5.91 Å². The molecule has 2 aromatic heterocycles. The highest BCUT2D eigenvalue weighted by molar-refractivity contribution is 6.02. The van der Waals surface area contributed by atoms with Crippen LogP contribution >= 0.6 is 0 Å². The number of hydrogen-bond donors (Lipinski definition) is 1. The first-order valence-electron chi connectivity index (χ1n) is 9.58. The van der Waals surface area contributed by atoms with Gasteiger partial charge in [-0.15, -0.1) is 5.10 Å². The Morgan fingerprint density at radius 1 is 1.19 bits per heavy atom. The number of carbonyl (C=O) groups excluding carboxylic acids is 1. The smallest absolute Gasteiger partial charge is 0.280 e. The summed E-state index contributed by atoms with van der Waals surface area (Å²) >= 11 is 0. The predicted octanol–water partition coefficient (Wildman–Crippen LogP) is 3.90. The molecule has 0 unspecified atom stereocenters. The molecule has 4 rings (SSSR count). The number of nitrogens with one attached hydrogen (secondary N) is 1. The zero-order valence-electron chi connectivity index (χ0n) is 17.0. The second-order valence-electron chi connectivity index (χ2n) is 7.02. The van der Waals surface area contributed by atoms with Crippen LogP contribution in [0.15, 0.2) is 59.4 Å². The number of anilines is 1. The molecule has 2 heterocycles. The summed E-state index contributed by atoms with van der Waals surface area (Å²) in [7, 11) is 0. The van der Waals surface area contributed by atoms with Gasteiger partial charge in [-0.3, -0.25) is 10.1 Å². The van der Waals surface area contributed by atoms with E-state index in [4.69, 9.17) is 9.26 Å². The fraction of sp³-hybridized carbons (Fsp3) is 0.182. The van der Waals surface area contributed by atoms with Crippen molar-refractivity contribution in [2.45, 2.75) is 27.0 Å². The number of rotatable bonds is 7. The van der Waals surface area contributed by atoms with Gasteiger partial charge in [0.1, 0.15) is 30.3 Å². The molecule has 9 heteroatoms. The van der Waals surface area contributed by atoms with Gasteiger partial charge >= 0.3 is 0 Å². The average molecular weight is 421 g/mol. The lowest BCUT2D eigenvalue weighted by Crippen LogP contribution is -2.16. The summed E-state index contributed by atoms with van der Waals surface area (Å²) in [5.41, 5.74) is 2.75. The van der Waals surface area contributed by atoms with Gasteiger partial charge in [0.15, 0.2) is 5.69 Å². The van der Waals surface area contributed by atoms with Gasteiger partial charge in [-0.1, -0.05) is 41.1 Å². The van der Waals surface area contributed by atoms with Gasteiger partial charge in [0.05, 0.1) is 12.1 Å². The number of ether oxygens (including phenoxy) is 1. The summed E-state index contributed by atoms with van der Waals surface area (Å²) in [5.74, 6) is -0.0221. The zero-order chi connectivity index (χ0) is 21.8. The maximum Gasteiger partial charge on any atom is 0.280 e. The van der Waals surface area contributed by atoms with Crippen LogP contribution in [-0.2, 0) is 13.2 Å². The Balaban J connectivity index is 1.43. The lowest BCUT2D eigenvalue weighted by atomic mass is 10.1. The predicted molar refractivity (Wildman–Crippen MR) is 110 cm³/mol. The van der Waals surface area contributed by atoms with Crippen LogP contribution in [0.3, 0.4) is 0 Å². The van der Waals surface area contributed by atoms with Crippen molar-refractivity contribution >= 4 is 11.9 Å². The average Bonchev–Trinajstić information content (AvgIpc) is 3.32. The lowest BCUT2D eigenvalue weighted by molar-refractivity contribution is 0.101. The number of aryl methyl sites for hydroxylation is 2. The first kappa shape index (κ1) is 20.3. The SMILES string of the molecule is Cc1cccc(Cn2cnc(NC(=O)c3noc(C)c3COc3cccc(F)c3)n2)c1. The van der Waals surface area contributed by atoms with E-state index in [1.54, 1.807) is 24.0 Å². The van der Waals surface area contributed by atoms with Gasteiger partial charge in [0, 0.05) is 6.07 Å². The minimum Gasteiger partial charge on any atom is -0.489 e. The maximum absolute atomic E-state index is 13.3. The molecule has 31 heavy (non-hydrogen) atoms. The number of halogens is 1. The van der Waals surface area contributed by atoms with E-state index in [1.807, 2.05) is 25.1 Å². The second-order valence-corrected chi connectivity index (χ2v) is 7.02. The van der Waals surface area contributed by atoms with Gasteiger partial charge in [-0.2, -0.15) is 0 Å². The molecule has 0 fully saturated rings. The Bertz CT molecular complexity index is 1220. The number of nitrogens with zero attached hydrogens (tertiary/aromatic N) is 4. The van der Waals surface area contributed by atoms with E-state index in [0.717, 1.165) is 11.1 Å². The fourth-order valence-corrected chi connectivity index (χ4v) is 3.04. The van der Waals surface area contributed by atoms with Crippen LogP contribution in [-0.4, -0.2) is 25.8 Å². The van der Waals surface area contributed by atoms with E-state index in [9.17, 15) is 9.18 Å². The summed E-state index contributed by atoms with van der Waals surface area (Å²) in [4.78, 5) is 16.8.